The van der Waals surface area contributed by atoms with E-state index >= 15 is 0 Å². The van der Waals surface area contributed by atoms with Gasteiger partial charge in [0.25, 0.3) is 0 Å². The maximum absolute atomic E-state index is 13.7. The van der Waals surface area contributed by atoms with Gasteiger partial charge >= 0.3 is 0 Å². The lowest BCUT2D eigenvalue weighted by Crippen LogP contribution is -2.34. The van der Waals surface area contributed by atoms with Crippen LogP contribution >= 0.6 is 15.9 Å². The average molecular weight is 302 g/mol. The van der Waals surface area contributed by atoms with Gasteiger partial charge in [-0.2, -0.15) is 0 Å². The zero-order valence-corrected chi connectivity index (χ0v) is 12.3. The van der Waals surface area contributed by atoms with Crippen molar-refractivity contribution in [1.29, 1.82) is 0 Å². The normalized spacial score (nSPS) is 14.6. The summed E-state index contributed by atoms with van der Waals surface area (Å²) >= 11 is 3.39. The summed E-state index contributed by atoms with van der Waals surface area (Å²) in [6, 6.07) is 5.58. The van der Waals surface area contributed by atoms with E-state index in [0.717, 1.165) is 29.4 Å². The first-order valence-corrected chi connectivity index (χ1v) is 7.05. The molecule has 0 saturated carbocycles. The molecule has 3 heteroatoms. The standard InChI is InChI=1S/C14H21BrFN/c1-4-11(10(3)17-5-2)8-12-9-13(15)6-7-14(12)16/h6-7,9-11,17H,4-5,8H2,1-3H3. The van der Waals surface area contributed by atoms with Crippen molar-refractivity contribution < 1.29 is 4.39 Å². The second-order valence-corrected chi connectivity index (χ2v) is 5.37. The third-order valence-corrected chi connectivity index (χ3v) is 3.74. The summed E-state index contributed by atoms with van der Waals surface area (Å²) < 4.78 is 14.6. The van der Waals surface area contributed by atoms with Gasteiger partial charge in [0.15, 0.2) is 0 Å². The van der Waals surface area contributed by atoms with Crippen molar-refractivity contribution in [3.05, 3.63) is 34.1 Å². The van der Waals surface area contributed by atoms with Gasteiger partial charge in [-0.15, -0.1) is 0 Å². The molecule has 0 aromatic heterocycles. The number of hydrogen-bond acceptors (Lipinski definition) is 1. The van der Waals surface area contributed by atoms with Crippen LogP contribution in [0.25, 0.3) is 0 Å². The first kappa shape index (κ1) is 14.7. The third-order valence-electron chi connectivity index (χ3n) is 3.25. The quantitative estimate of drug-likeness (QED) is 0.832. The molecule has 17 heavy (non-hydrogen) atoms. The lowest BCUT2D eigenvalue weighted by atomic mass is 9.90. The summed E-state index contributed by atoms with van der Waals surface area (Å²) in [5.74, 6) is 0.370. The SMILES string of the molecule is CCNC(C)C(CC)Cc1cc(Br)ccc1F. The predicted molar refractivity (Wildman–Crippen MR) is 74.7 cm³/mol. The van der Waals surface area contributed by atoms with Gasteiger partial charge in [0.2, 0.25) is 0 Å². The third kappa shape index (κ3) is 4.40. The molecule has 1 rings (SSSR count). The van der Waals surface area contributed by atoms with Crippen molar-refractivity contribution in [3.63, 3.8) is 0 Å². The second-order valence-electron chi connectivity index (χ2n) is 4.45. The smallest absolute Gasteiger partial charge is 0.126 e. The van der Waals surface area contributed by atoms with E-state index in [2.05, 4.69) is 42.0 Å². The van der Waals surface area contributed by atoms with E-state index in [1.54, 1.807) is 6.07 Å². The van der Waals surface area contributed by atoms with Crippen molar-refractivity contribution in [3.8, 4) is 0 Å². The molecule has 1 aromatic rings. The van der Waals surface area contributed by atoms with Crippen molar-refractivity contribution in [2.24, 2.45) is 5.92 Å². The average Bonchev–Trinajstić information content (AvgIpc) is 2.30. The van der Waals surface area contributed by atoms with Crippen LogP contribution in [-0.2, 0) is 6.42 Å². The van der Waals surface area contributed by atoms with Crippen molar-refractivity contribution in [1.82, 2.24) is 5.32 Å². The number of nitrogens with one attached hydrogen (secondary N) is 1. The Bertz CT molecular complexity index is 354. The molecule has 0 fully saturated rings. The zero-order chi connectivity index (χ0) is 12.8. The summed E-state index contributed by atoms with van der Waals surface area (Å²) in [5.41, 5.74) is 0.802. The number of hydrogen-bond donors (Lipinski definition) is 1. The van der Waals surface area contributed by atoms with Crippen LogP contribution < -0.4 is 5.32 Å². The summed E-state index contributed by atoms with van der Waals surface area (Å²) in [4.78, 5) is 0. The lowest BCUT2D eigenvalue weighted by Gasteiger charge is -2.23. The van der Waals surface area contributed by atoms with Crippen molar-refractivity contribution in [2.75, 3.05) is 6.54 Å². The van der Waals surface area contributed by atoms with E-state index in [1.807, 2.05) is 6.07 Å². The first-order chi connectivity index (χ1) is 8.08. The Hall–Kier alpha value is -0.410. The molecular weight excluding hydrogens is 281 g/mol. The van der Waals surface area contributed by atoms with Crippen molar-refractivity contribution in [2.45, 2.75) is 39.7 Å². The topological polar surface area (TPSA) is 12.0 Å². The summed E-state index contributed by atoms with van der Waals surface area (Å²) in [6.45, 7) is 7.39. The molecule has 0 amide bonds. The second kappa shape index (κ2) is 7.12. The highest BCUT2D eigenvalue weighted by molar-refractivity contribution is 9.10. The van der Waals surface area contributed by atoms with Gasteiger partial charge in [0.05, 0.1) is 0 Å². The van der Waals surface area contributed by atoms with Crippen LogP contribution in [0.4, 0.5) is 4.39 Å². The molecule has 96 valence electrons. The lowest BCUT2D eigenvalue weighted by molar-refractivity contribution is 0.363. The molecule has 0 heterocycles. The molecule has 0 saturated heterocycles. The van der Waals surface area contributed by atoms with Crippen molar-refractivity contribution >= 4 is 15.9 Å². The molecule has 0 bridgehead atoms. The number of benzene rings is 1. The van der Waals surface area contributed by atoms with Crippen LogP contribution in [-0.4, -0.2) is 12.6 Å². The van der Waals surface area contributed by atoms with Crippen LogP contribution in [0.5, 0.6) is 0 Å². The maximum atomic E-state index is 13.7. The zero-order valence-electron chi connectivity index (χ0n) is 10.8. The largest absolute Gasteiger partial charge is 0.314 e. The van der Waals surface area contributed by atoms with Crippen LogP contribution in [0.15, 0.2) is 22.7 Å². The molecule has 1 N–H and O–H groups in total. The van der Waals surface area contributed by atoms with E-state index < -0.39 is 0 Å². The van der Waals surface area contributed by atoms with Crippen LogP contribution in [0.1, 0.15) is 32.8 Å². The van der Waals surface area contributed by atoms with E-state index in [9.17, 15) is 4.39 Å². The number of rotatable bonds is 6. The fourth-order valence-electron chi connectivity index (χ4n) is 2.15. The summed E-state index contributed by atoms with van der Waals surface area (Å²) in [7, 11) is 0. The highest BCUT2D eigenvalue weighted by Gasteiger charge is 2.17. The van der Waals surface area contributed by atoms with Gasteiger partial charge in [-0.25, -0.2) is 4.39 Å². The first-order valence-electron chi connectivity index (χ1n) is 6.25. The van der Waals surface area contributed by atoms with E-state index in [-0.39, 0.29) is 5.82 Å². The molecule has 1 nitrogen and oxygen atoms in total. The molecule has 2 atom stereocenters. The molecule has 0 radical (unpaired) electrons. The molecular formula is C14H21BrFN. The minimum Gasteiger partial charge on any atom is -0.314 e. The highest BCUT2D eigenvalue weighted by Crippen LogP contribution is 2.21. The molecule has 0 spiro atoms. The number of halogens is 2. The Kier molecular flexibility index (Phi) is 6.14. The fraction of sp³-hybridized carbons (Fsp3) is 0.571. The van der Waals surface area contributed by atoms with E-state index in [4.69, 9.17) is 0 Å². The van der Waals surface area contributed by atoms with Gasteiger partial charge in [0, 0.05) is 10.5 Å². The van der Waals surface area contributed by atoms with E-state index in [0.29, 0.717) is 12.0 Å². The Morgan fingerprint density at radius 2 is 2.06 bits per heavy atom. The van der Waals surface area contributed by atoms with Gasteiger partial charge in [-0.1, -0.05) is 36.2 Å². The van der Waals surface area contributed by atoms with Gasteiger partial charge in [0.1, 0.15) is 5.82 Å². The summed E-state index contributed by atoms with van der Waals surface area (Å²) in [6.07, 6.45) is 1.84. The summed E-state index contributed by atoms with van der Waals surface area (Å²) in [5, 5.41) is 3.42. The Morgan fingerprint density at radius 3 is 2.65 bits per heavy atom. The minimum atomic E-state index is -0.102. The maximum Gasteiger partial charge on any atom is 0.126 e. The predicted octanol–water partition coefficient (Wildman–Crippen LogP) is 4.15. The van der Waals surface area contributed by atoms with Gasteiger partial charge in [-0.3, -0.25) is 0 Å². The molecule has 0 aliphatic carbocycles. The Balaban J connectivity index is 2.76. The van der Waals surface area contributed by atoms with Gasteiger partial charge in [-0.05, 0) is 49.6 Å². The van der Waals surface area contributed by atoms with Crippen LogP contribution in [0, 0.1) is 11.7 Å². The Morgan fingerprint density at radius 1 is 1.35 bits per heavy atom. The van der Waals surface area contributed by atoms with Crippen LogP contribution in [0.3, 0.4) is 0 Å². The molecule has 0 aliphatic rings. The van der Waals surface area contributed by atoms with Gasteiger partial charge < -0.3 is 5.32 Å². The Labute approximate surface area is 112 Å². The molecule has 2 unspecified atom stereocenters. The molecule has 1 aromatic carbocycles. The van der Waals surface area contributed by atoms with Crippen LogP contribution in [0.2, 0.25) is 0 Å². The fourth-order valence-corrected chi connectivity index (χ4v) is 2.55. The monoisotopic (exact) mass is 301 g/mol. The highest BCUT2D eigenvalue weighted by atomic mass is 79.9. The van der Waals surface area contributed by atoms with E-state index in [1.165, 1.54) is 6.07 Å². The minimum absolute atomic E-state index is 0.102. The molecule has 0 aliphatic heterocycles.